The molecule has 1 aliphatic carbocycles. The van der Waals surface area contributed by atoms with Crippen molar-refractivity contribution in [1.82, 2.24) is 20.1 Å². The molecule has 0 bridgehead atoms. The van der Waals surface area contributed by atoms with Crippen molar-refractivity contribution in [3.05, 3.63) is 59.4 Å². The zero-order valence-electron chi connectivity index (χ0n) is 17.1. The molecule has 0 unspecified atom stereocenters. The third-order valence-electron chi connectivity index (χ3n) is 5.65. The number of carbonyl (C=O) groups excluding carboxylic acids is 1. The molecule has 31 heavy (non-hydrogen) atoms. The van der Waals surface area contributed by atoms with E-state index in [0.29, 0.717) is 35.3 Å². The van der Waals surface area contributed by atoms with Crippen LogP contribution in [0.4, 0.5) is 0 Å². The summed E-state index contributed by atoms with van der Waals surface area (Å²) in [7, 11) is 0. The zero-order valence-corrected chi connectivity index (χ0v) is 17.1. The molecule has 1 saturated carbocycles. The number of aliphatic hydroxyl groups is 1. The summed E-state index contributed by atoms with van der Waals surface area (Å²) < 4.78 is 1.30. The number of aryl methyl sites for hydroxylation is 1. The predicted octanol–water partition coefficient (Wildman–Crippen LogP) is 2.85. The van der Waals surface area contributed by atoms with Crippen molar-refractivity contribution >= 4 is 5.91 Å². The fourth-order valence-corrected chi connectivity index (χ4v) is 3.87. The SMILES string of the molecule is Cc1cc(C#N)ccc1-c1cnn(-c2ccc(C(=O)N[C@H]3CC[C@H](O)CC3)cn2)c1O. The summed E-state index contributed by atoms with van der Waals surface area (Å²) in [5, 5.41) is 36.5. The number of amides is 1. The summed E-state index contributed by atoms with van der Waals surface area (Å²) in [5.41, 5.74) is 3.13. The number of carbonyl (C=O) groups is 1. The number of aromatic nitrogens is 3. The van der Waals surface area contributed by atoms with Crippen molar-refractivity contribution < 1.29 is 15.0 Å². The lowest BCUT2D eigenvalue weighted by Crippen LogP contribution is -2.38. The average molecular weight is 417 g/mol. The molecule has 0 saturated heterocycles. The molecule has 2 heterocycles. The number of nitriles is 1. The van der Waals surface area contributed by atoms with Gasteiger partial charge in [-0.2, -0.15) is 15.0 Å². The molecular formula is C23H23N5O3. The number of hydrogen-bond donors (Lipinski definition) is 3. The van der Waals surface area contributed by atoms with E-state index in [2.05, 4.69) is 21.5 Å². The lowest BCUT2D eigenvalue weighted by molar-refractivity contribution is 0.0867. The monoisotopic (exact) mass is 417 g/mol. The van der Waals surface area contributed by atoms with Gasteiger partial charge in [0.1, 0.15) is 0 Å². The zero-order chi connectivity index (χ0) is 22.0. The second-order valence-electron chi connectivity index (χ2n) is 7.82. The van der Waals surface area contributed by atoms with E-state index in [1.54, 1.807) is 36.5 Å². The van der Waals surface area contributed by atoms with Crippen molar-refractivity contribution in [3.8, 4) is 28.9 Å². The van der Waals surface area contributed by atoms with Crippen LogP contribution in [-0.4, -0.2) is 43.0 Å². The summed E-state index contributed by atoms with van der Waals surface area (Å²) in [6.07, 6.45) is 5.64. The second-order valence-corrected chi connectivity index (χ2v) is 7.82. The van der Waals surface area contributed by atoms with Crippen LogP contribution in [0.15, 0.2) is 42.7 Å². The number of nitrogens with one attached hydrogen (secondary N) is 1. The Bertz CT molecular complexity index is 1140. The molecule has 1 fully saturated rings. The van der Waals surface area contributed by atoms with E-state index >= 15 is 0 Å². The maximum atomic E-state index is 12.5. The average Bonchev–Trinajstić information content (AvgIpc) is 3.16. The van der Waals surface area contributed by atoms with Crippen LogP contribution in [-0.2, 0) is 0 Å². The van der Waals surface area contributed by atoms with E-state index < -0.39 is 0 Å². The van der Waals surface area contributed by atoms with Gasteiger partial charge in [-0.3, -0.25) is 4.79 Å². The topological polar surface area (TPSA) is 124 Å². The number of benzene rings is 1. The Hall–Kier alpha value is -3.70. The first-order valence-electron chi connectivity index (χ1n) is 10.2. The normalized spacial score (nSPS) is 18.4. The minimum atomic E-state index is -0.270. The number of rotatable bonds is 4. The van der Waals surface area contributed by atoms with Gasteiger partial charge in [-0.15, -0.1) is 0 Å². The molecular weight excluding hydrogens is 394 g/mol. The first-order valence-corrected chi connectivity index (χ1v) is 10.2. The first-order chi connectivity index (χ1) is 15.0. The van der Waals surface area contributed by atoms with Gasteiger partial charge in [-0.25, -0.2) is 4.98 Å². The fourth-order valence-electron chi connectivity index (χ4n) is 3.87. The highest BCUT2D eigenvalue weighted by atomic mass is 16.3. The van der Waals surface area contributed by atoms with E-state index in [1.165, 1.54) is 10.9 Å². The van der Waals surface area contributed by atoms with Crippen LogP contribution in [0.3, 0.4) is 0 Å². The molecule has 1 amide bonds. The van der Waals surface area contributed by atoms with Crippen LogP contribution in [0.25, 0.3) is 16.9 Å². The molecule has 0 atom stereocenters. The van der Waals surface area contributed by atoms with Crippen molar-refractivity contribution in [1.29, 1.82) is 5.26 Å². The summed E-state index contributed by atoms with van der Waals surface area (Å²) in [6, 6.07) is 10.6. The third-order valence-corrected chi connectivity index (χ3v) is 5.65. The van der Waals surface area contributed by atoms with E-state index in [4.69, 9.17) is 5.26 Å². The minimum Gasteiger partial charge on any atom is -0.493 e. The van der Waals surface area contributed by atoms with Gasteiger partial charge in [0.2, 0.25) is 5.88 Å². The largest absolute Gasteiger partial charge is 0.493 e. The van der Waals surface area contributed by atoms with Gasteiger partial charge in [-0.1, -0.05) is 6.07 Å². The van der Waals surface area contributed by atoms with Crippen LogP contribution in [0.2, 0.25) is 0 Å². The molecule has 0 aliphatic heterocycles. The molecule has 0 spiro atoms. The van der Waals surface area contributed by atoms with Crippen molar-refractivity contribution in [2.75, 3.05) is 0 Å². The van der Waals surface area contributed by atoms with E-state index in [9.17, 15) is 15.0 Å². The van der Waals surface area contributed by atoms with Crippen LogP contribution in [0.1, 0.15) is 47.2 Å². The molecule has 3 aromatic rings. The highest BCUT2D eigenvalue weighted by Crippen LogP contribution is 2.33. The Morgan fingerprint density at radius 3 is 2.58 bits per heavy atom. The first kappa shape index (κ1) is 20.6. The Labute approximate surface area is 179 Å². The Morgan fingerprint density at radius 2 is 1.94 bits per heavy atom. The fraction of sp³-hybridized carbons (Fsp3) is 0.304. The highest BCUT2D eigenvalue weighted by molar-refractivity contribution is 5.94. The van der Waals surface area contributed by atoms with Gasteiger partial charge in [0.25, 0.3) is 5.91 Å². The van der Waals surface area contributed by atoms with Gasteiger partial charge < -0.3 is 15.5 Å². The molecule has 4 rings (SSSR count). The molecule has 3 N–H and O–H groups in total. The maximum Gasteiger partial charge on any atom is 0.253 e. The maximum absolute atomic E-state index is 12.5. The Kier molecular flexibility index (Phi) is 5.69. The smallest absolute Gasteiger partial charge is 0.253 e. The van der Waals surface area contributed by atoms with Crippen LogP contribution < -0.4 is 5.32 Å². The van der Waals surface area contributed by atoms with Crippen molar-refractivity contribution in [2.24, 2.45) is 0 Å². The van der Waals surface area contributed by atoms with Crippen molar-refractivity contribution in [2.45, 2.75) is 44.8 Å². The lowest BCUT2D eigenvalue weighted by Gasteiger charge is -2.26. The molecule has 8 heteroatoms. The number of nitrogens with zero attached hydrogens (tertiary/aromatic N) is 4. The number of pyridine rings is 1. The van der Waals surface area contributed by atoms with Crippen LogP contribution >= 0.6 is 0 Å². The molecule has 0 radical (unpaired) electrons. The summed E-state index contributed by atoms with van der Waals surface area (Å²) in [5.74, 6) is 0.102. The molecule has 2 aromatic heterocycles. The summed E-state index contributed by atoms with van der Waals surface area (Å²) in [6.45, 7) is 1.87. The quantitative estimate of drug-likeness (QED) is 0.600. The van der Waals surface area contributed by atoms with E-state index in [1.807, 2.05) is 6.92 Å². The Balaban J connectivity index is 1.51. The van der Waals surface area contributed by atoms with Gasteiger partial charge in [0.15, 0.2) is 5.82 Å². The second kappa shape index (κ2) is 8.58. The highest BCUT2D eigenvalue weighted by Gasteiger charge is 2.22. The molecule has 8 nitrogen and oxygen atoms in total. The predicted molar refractivity (Wildman–Crippen MR) is 114 cm³/mol. The molecule has 158 valence electrons. The summed E-state index contributed by atoms with van der Waals surface area (Å²) >= 11 is 0. The van der Waals surface area contributed by atoms with Crippen LogP contribution in [0, 0.1) is 18.3 Å². The third kappa shape index (κ3) is 4.27. The van der Waals surface area contributed by atoms with Crippen LogP contribution in [0.5, 0.6) is 5.88 Å². The molecule has 1 aliphatic rings. The van der Waals surface area contributed by atoms with E-state index in [-0.39, 0.29) is 23.9 Å². The minimum absolute atomic E-state index is 0.0592. The van der Waals surface area contributed by atoms with E-state index in [0.717, 1.165) is 24.0 Å². The lowest BCUT2D eigenvalue weighted by atomic mass is 9.93. The Morgan fingerprint density at radius 1 is 1.16 bits per heavy atom. The number of aliphatic hydroxyl groups excluding tert-OH is 1. The number of aromatic hydroxyl groups is 1. The van der Waals surface area contributed by atoms with Gasteiger partial charge in [-0.05, 0) is 68.0 Å². The van der Waals surface area contributed by atoms with Gasteiger partial charge >= 0.3 is 0 Å². The molecule has 1 aromatic carbocycles. The van der Waals surface area contributed by atoms with Crippen molar-refractivity contribution in [3.63, 3.8) is 0 Å². The number of hydrogen-bond acceptors (Lipinski definition) is 6. The standard InChI is InChI=1S/C23H23N5O3/c1-14-10-15(11-24)2-8-19(14)20-13-26-28(23(20)31)21-9-3-16(12-25-21)22(30)27-17-4-6-18(29)7-5-17/h2-3,8-10,12-13,17-18,29,31H,4-7H2,1H3,(H,27,30)/t17-,18-. The van der Waals surface area contributed by atoms with Gasteiger partial charge in [0.05, 0.1) is 35.1 Å². The summed E-state index contributed by atoms with van der Waals surface area (Å²) in [4.78, 5) is 16.8. The van der Waals surface area contributed by atoms with Gasteiger partial charge in [0, 0.05) is 12.2 Å².